The summed E-state index contributed by atoms with van der Waals surface area (Å²) in [5.41, 5.74) is 3.79. The SMILES string of the molecule is CC(C)c1csc2c(C(C)C)coc12. The van der Waals surface area contributed by atoms with Crippen LogP contribution in [0, 0.1) is 0 Å². The van der Waals surface area contributed by atoms with Crippen molar-refractivity contribution in [2.45, 2.75) is 39.5 Å². The largest absolute Gasteiger partial charge is 0.463 e. The minimum atomic E-state index is 0.551. The van der Waals surface area contributed by atoms with Gasteiger partial charge in [0.15, 0.2) is 0 Å². The Balaban J connectivity index is 2.61. The summed E-state index contributed by atoms with van der Waals surface area (Å²) >= 11 is 1.81. The van der Waals surface area contributed by atoms with Crippen LogP contribution in [-0.4, -0.2) is 0 Å². The minimum absolute atomic E-state index is 0.551. The fraction of sp³-hybridized carbons (Fsp3) is 0.500. The first-order chi connectivity index (χ1) is 6.61. The molecule has 0 radical (unpaired) electrons. The minimum Gasteiger partial charge on any atom is -0.463 e. The van der Waals surface area contributed by atoms with Crippen LogP contribution in [0.25, 0.3) is 10.3 Å². The molecule has 0 fully saturated rings. The van der Waals surface area contributed by atoms with E-state index in [9.17, 15) is 0 Å². The summed E-state index contributed by atoms with van der Waals surface area (Å²) in [6.07, 6.45) is 1.91. The van der Waals surface area contributed by atoms with Crippen LogP contribution in [0.3, 0.4) is 0 Å². The zero-order chi connectivity index (χ0) is 10.3. The van der Waals surface area contributed by atoms with E-state index >= 15 is 0 Å². The normalized spacial score (nSPS) is 12.1. The fourth-order valence-corrected chi connectivity index (χ4v) is 2.97. The molecule has 0 aliphatic carbocycles. The number of rotatable bonds is 2. The van der Waals surface area contributed by atoms with Gasteiger partial charge in [-0.15, -0.1) is 11.3 Å². The molecule has 0 N–H and O–H groups in total. The quantitative estimate of drug-likeness (QED) is 0.694. The molecule has 2 heteroatoms. The summed E-state index contributed by atoms with van der Waals surface area (Å²) in [7, 11) is 0. The lowest BCUT2D eigenvalue weighted by Gasteiger charge is -1.98. The lowest BCUT2D eigenvalue weighted by atomic mass is 10.0. The van der Waals surface area contributed by atoms with Gasteiger partial charge in [-0.1, -0.05) is 27.7 Å². The van der Waals surface area contributed by atoms with Crippen molar-refractivity contribution in [1.29, 1.82) is 0 Å². The van der Waals surface area contributed by atoms with E-state index in [0.717, 1.165) is 5.58 Å². The molecule has 0 saturated carbocycles. The zero-order valence-corrected chi connectivity index (χ0v) is 9.94. The monoisotopic (exact) mass is 208 g/mol. The molecular formula is C12H16OS. The van der Waals surface area contributed by atoms with Gasteiger partial charge in [-0.3, -0.25) is 0 Å². The average molecular weight is 208 g/mol. The van der Waals surface area contributed by atoms with Crippen molar-refractivity contribution in [2.75, 3.05) is 0 Å². The molecule has 0 aliphatic heterocycles. The van der Waals surface area contributed by atoms with Gasteiger partial charge < -0.3 is 4.42 Å². The van der Waals surface area contributed by atoms with Crippen LogP contribution in [-0.2, 0) is 0 Å². The zero-order valence-electron chi connectivity index (χ0n) is 9.13. The third-order valence-corrected chi connectivity index (χ3v) is 3.61. The van der Waals surface area contributed by atoms with E-state index in [2.05, 4.69) is 33.1 Å². The molecule has 2 heterocycles. The van der Waals surface area contributed by atoms with Crippen molar-refractivity contribution in [1.82, 2.24) is 0 Å². The summed E-state index contributed by atoms with van der Waals surface area (Å²) in [6.45, 7) is 8.83. The third kappa shape index (κ3) is 1.38. The van der Waals surface area contributed by atoms with E-state index in [1.165, 1.54) is 15.8 Å². The number of hydrogen-bond donors (Lipinski definition) is 0. The molecule has 2 aromatic heterocycles. The molecule has 0 saturated heterocycles. The molecule has 2 rings (SSSR count). The van der Waals surface area contributed by atoms with Crippen molar-refractivity contribution < 1.29 is 4.42 Å². The second-order valence-corrected chi connectivity index (χ2v) is 5.23. The average Bonchev–Trinajstić information content (AvgIpc) is 2.59. The molecule has 76 valence electrons. The highest BCUT2D eigenvalue weighted by molar-refractivity contribution is 7.17. The van der Waals surface area contributed by atoms with E-state index in [-0.39, 0.29) is 0 Å². The molecule has 1 nitrogen and oxygen atoms in total. The van der Waals surface area contributed by atoms with Gasteiger partial charge in [-0.05, 0) is 17.2 Å². The Bertz CT molecular complexity index is 392. The van der Waals surface area contributed by atoms with E-state index in [0.29, 0.717) is 11.8 Å². The summed E-state index contributed by atoms with van der Waals surface area (Å²) in [4.78, 5) is 0. The highest BCUT2D eigenvalue weighted by atomic mass is 32.1. The number of fused-ring (bicyclic) bond motifs is 1. The molecule has 0 spiro atoms. The fourth-order valence-electron chi connectivity index (χ4n) is 1.65. The van der Waals surface area contributed by atoms with Gasteiger partial charge in [0, 0.05) is 11.1 Å². The van der Waals surface area contributed by atoms with Gasteiger partial charge in [0.25, 0.3) is 0 Å². The van der Waals surface area contributed by atoms with Gasteiger partial charge in [-0.25, -0.2) is 0 Å². The summed E-state index contributed by atoms with van der Waals surface area (Å²) < 4.78 is 6.99. The molecule has 0 bridgehead atoms. The maximum Gasteiger partial charge on any atom is 0.148 e. The Hall–Kier alpha value is -0.760. The predicted molar refractivity (Wildman–Crippen MR) is 62.3 cm³/mol. The highest BCUT2D eigenvalue weighted by Crippen LogP contribution is 2.37. The van der Waals surface area contributed by atoms with E-state index in [1.54, 1.807) is 0 Å². The lowest BCUT2D eigenvalue weighted by molar-refractivity contribution is 0.599. The Kier molecular flexibility index (Phi) is 2.40. The highest BCUT2D eigenvalue weighted by Gasteiger charge is 2.16. The number of furan rings is 1. The summed E-state index contributed by atoms with van der Waals surface area (Å²) in [5, 5.41) is 2.23. The predicted octanol–water partition coefficient (Wildman–Crippen LogP) is 4.74. The van der Waals surface area contributed by atoms with Crippen molar-refractivity contribution in [3.05, 3.63) is 22.8 Å². The summed E-state index contributed by atoms with van der Waals surface area (Å²) in [6, 6.07) is 0. The molecule has 0 amide bonds. The Morgan fingerprint density at radius 2 is 1.71 bits per heavy atom. The van der Waals surface area contributed by atoms with Crippen LogP contribution in [0.2, 0.25) is 0 Å². The topological polar surface area (TPSA) is 13.1 Å². The second kappa shape index (κ2) is 3.43. The first-order valence-corrected chi connectivity index (χ1v) is 5.97. The third-order valence-electron chi connectivity index (χ3n) is 2.58. The standard InChI is InChI=1S/C12H16OS/c1-7(2)9-5-13-11-10(8(3)4)6-14-12(9)11/h5-8H,1-4H3. The van der Waals surface area contributed by atoms with Crippen LogP contribution in [0.5, 0.6) is 0 Å². The van der Waals surface area contributed by atoms with Crippen molar-refractivity contribution in [2.24, 2.45) is 0 Å². The number of hydrogen-bond acceptors (Lipinski definition) is 2. The first-order valence-electron chi connectivity index (χ1n) is 5.09. The molecule has 0 aliphatic rings. The van der Waals surface area contributed by atoms with Crippen LogP contribution in [0.4, 0.5) is 0 Å². The molecule has 0 aromatic carbocycles. The Morgan fingerprint density at radius 1 is 1.07 bits per heavy atom. The van der Waals surface area contributed by atoms with Crippen LogP contribution >= 0.6 is 11.3 Å². The molecule has 2 aromatic rings. The van der Waals surface area contributed by atoms with E-state index in [1.807, 2.05) is 17.6 Å². The van der Waals surface area contributed by atoms with Crippen molar-refractivity contribution >= 4 is 21.6 Å². The number of thiophene rings is 1. The smallest absolute Gasteiger partial charge is 0.148 e. The first kappa shape index (κ1) is 9.78. The second-order valence-electron chi connectivity index (χ2n) is 4.35. The van der Waals surface area contributed by atoms with Crippen molar-refractivity contribution in [3.8, 4) is 0 Å². The van der Waals surface area contributed by atoms with Crippen LogP contribution < -0.4 is 0 Å². The summed E-state index contributed by atoms with van der Waals surface area (Å²) in [5.74, 6) is 1.10. The Labute approximate surface area is 88.7 Å². The molecule has 14 heavy (non-hydrogen) atoms. The van der Waals surface area contributed by atoms with E-state index in [4.69, 9.17) is 4.42 Å². The van der Waals surface area contributed by atoms with Crippen LogP contribution in [0.1, 0.15) is 50.7 Å². The van der Waals surface area contributed by atoms with Gasteiger partial charge in [0.1, 0.15) is 5.58 Å². The van der Waals surface area contributed by atoms with Gasteiger partial charge in [0.2, 0.25) is 0 Å². The molecule has 0 atom stereocenters. The van der Waals surface area contributed by atoms with Crippen molar-refractivity contribution in [3.63, 3.8) is 0 Å². The lowest BCUT2D eigenvalue weighted by Crippen LogP contribution is -1.82. The maximum atomic E-state index is 5.65. The maximum absolute atomic E-state index is 5.65. The van der Waals surface area contributed by atoms with Gasteiger partial charge in [0.05, 0.1) is 11.0 Å². The Morgan fingerprint density at radius 3 is 2.29 bits per heavy atom. The van der Waals surface area contributed by atoms with Gasteiger partial charge in [-0.2, -0.15) is 0 Å². The molecular weight excluding hydrogens is 192 g/mol. The molecule has 0 unspecified atom stereocenters. The van der Waals surface area contributed by atoms with Crippen LogP contribution in [0.15, 0.2) is 16.1 Å². The van der Waals surface area contributed by atoms with E-state index < -0.39 is 0 Å². The van der Waals surface area contributed by atoms with Gasteiger partial charge >= 0.3 is 0 Å².